The fraction of sp³-hybridized carbons (Fsp3) is 0.318. The van der Waals surface area contributed by atoms with Crippen LogP contribution in [0.4, 0.5) is 5.69 Å². The maximum absolute atomic E-state index is 9.47. The minimum Gasteiger partial charge on any atom is -0.395 e. The van der Waals surface area contributed by atoms with Crippen molar-refractivity contribution in [3.8, 4) is 0 Å². The number of rotatable bonds is 5. The fourth-order valence-electron chi connectivity index (χ4n) is 3.79. The summed E-state index contributed by atoms with van der Waals surface area (Å²) >= 11 is 2.35. The molecule has 2 aliphatic rings. The first-order valence-corrected chi connectivity index (χ1v) is 10.5. The zero-order chi connectivity index (χ0) is 18.6. The minimum absolute atomic E-state index is 0.260. The molecule has 1 unspecified atom stereocenters. The molecule has 2 aliphatic heterocycles. The molecule has 0 aromatic heterocycles. The summed E-state index contributed by atoms with van der Waals surface area (Å²) in [6.45, 7) is 2.95. The molecule has 0 radical (unpaired) electrons. The van der Waals surface area contributed by atoms with Gasteiger partial charge in [0.1, 0.15) is 0 Å². The number of aliphatic hydroxyl groups excluding tert-OH is 1. The van der Waals surface area contributed by atoms with E-state index in [2.05, 4.69) is 86.5 Å². The van der Waals surface area contributed by atoms with Crippen LogP contribution in [0.15, 0.2) is 53.7 Å². The quantitative estimate of drug-likeness (QED) is 0.643. The largest absolute Gasteiger partial charge is 0.395 e. The second-order valence-electron chi connectivity index (χ2n) is 7.16. The summed E-state index contributed by atoms with van der Waals surface area (Å²) in [7, 11) is 0. The number of halogens is 1. The topological polar surface area (TPSA) is 47.9 Å². The lowest BCUT2D eigenvalue weighted by Crippen LogP contribution is -2.31. The number of aliphatic imine (C=N–C) groups is 1. The normalized spacial score (nSPS) is 20.8. The number of likely N-dealkylation sites (tertiary alicyclic amines) is 1. The summed E-state index contributed by atoms with van der Waals surface area (Å²) in [6, 6.07) is 15.4. The Morgan fingerprint density at radius 2 is 2.07 bits per heavy atom. The summed E-state index contributed by atoms with van der Waals surface area (Å²) in [4.78, 5) is 6.84. The predicted molar refractivity (Wildman–Crippen MR) is 120 cm³/mol. The summed E-state index contributed by atoms with van der Waals surface area (Å²) in [5.74, 6) is 0. The highest BCUT2D eigenvalue weighted by atomic mass is 127. The lowest BCUT2D eigenvalue weighted by Gasteiger charge is -2.22. The van der Waals surface area contributed by atoms with Crippen molar-refractivity contribution in [3.63, 3.8) is 0 Å². The molecule has 4 nitrogen and oxygen atoms in total. The molecule has 1 fully saturated rings. The SMILES string of the molecule is OCC1CCCN1Cc1ccc(NC=C2CN=Cc3ccc(I)cc32)cc1. The third-order valence-corrected chi connectivity index (χ3v) is 5.99. The molecule has 4 rings (SSSR count). The maximum Gasteiger partial charge on any atom is 0.0660 e. The van der Waals surface area contributed by atoms with E-state index in [1.165, 1.54) is 32.3 Å². The summed E-state index contributed by atoms with van der Waals surface area (Å²) < 4.78 is 1.24. The molecule has 1 atom stereocenters. The second-order valence-corrected chi connectivity index (χ2v) is 8.41. The van der Waals surface area contributed by atoms with E-state index in [-0.39, 0.29) is 6.61 Å². The molecule has 1 saturated heterocycles. The Hall–Kier alpha value is -1.70. The van der Waals surface area contributed by atoms with E-state index in [4.69, 9.17) is 0 Å². The van der Waals surface area contributed by atoms with Gasteiger partial charge in [-0.2, -0.15) is 0 Å². The number of hydrogen-bond donors (Lipinski definition) is 2. The summed E-state index contributed by atoms with van der Waals surface area (Å²) in [5.41, 5.74) is 6.00. The Labute approximate surface area is 174 Å². The average Bonchev–Trinajstić information content (AvgIpc) is 3.14. The molecule has 0 aliphatic carbocycles. The number of aliphatic hydroxyl groups is 1. The molecule has 27 heavy (non-hydrogen) atoms. The summed E-state index contributed by atoms with van der Waals surface area (Å²) in [6.07, 6.45) is 6.31. The lowest BCUT2D eigenvalue weighted by molar-refractivity contribution is 0.153. The number of anilines is 1. The third kappa shape index (κ3) is 4.42. The Morgan fingerprint density at radius 3 is 2.89 bits per heavy atom. The van der Waals surface area contributed by atoms with E-state index < -0.39 is 0 Å². The van der Waals surface area contributed by atoms with Crippen molar-refractivity contribution in [1.82, 2.24) is 4.90 Å². The van der Waals surface area contributed by atoms with Crippen molar-refractivity contribution in [2.75, 3.05) is 25.0 Å². The van der Waals surface area contributed by atoms with Crippen LogP contribution in [-0.2, 0) is 6.54 Å². The van der Waals surface area contributed by atoms with Crippen molar-refractivity contribution in [1.29, 1.82) is 0 Å². The monoisotopic (exact) mass is 473 g/mol. The van der Waals surface area contributed by atoms with Gasteiger partial charge in [0, 0.05) is 34.3 Å². The molecule has 0 saturated carbocycles. The molecule has 2 N–H and O–H groups in total. The molecule has 140 valence electrons. The van der Waals surface area contributed by atoms with Gasteiger partial charge in [-0.25, -0.2) is 0 Å². The van der Waals surface area contributed by atoms with Gasteiger partial charge in [0.2, 0.25) is 0 Å². The highest BCUT2D eigenvalue weighted by Gasteiger charge is 2.23. The van der Waals surface area contributed by atoms with Crippen LogP contribution in [0.25, 0.3) is 5.57 Å². The number of benzene rings is 2. The van der Waals surface area contributed by atoms with Gasteiger partial charge in [-0.3, -0.25) is 9.89 Å². The van der Waals surface area contributed by atoms with E-state index in [1.54, 1.807) is 0 Å². The molecular formula is C22H24IN3O. The first-order valence-electron chi connectivity index (χ1n) is 9.42. The van der Waals surface area contributed by atoms with Gasteiger partial charge in [-0.05, 0) is 88.5 Å². The molecule has 0 bridgehead atoms. The Kier molecular flexibility index (Phi) is 5.90. The van der Waals surface area contributed by atoms with Crippen molar-refractivity contribution >= 4 is 40.1 Å². The van der Waals surface area contributed by atoms with E-state index >= 15 is 0 Å². The Morgan fingerprint density at radius 1 is 1.22 bits per heavy atom. The van der Waals surface area contributed by atoms with Crippen molar-refractivity contribution < 1.29 is 5.11 Å². The standard InChI is InChI=1S/C22H24IN3O/c23-19-6-5-17-11-24-12-18(22(17)10-19)13-25-20-7-3-16(4-8-20)14-26-9-1-2-21(26)15-27/h3-8,10-11,13,21,25,27H,1-2,9,12,14-15H2. The zero-order valence-electron chi connectivity index (χ0n) is 15.2. The van der Waals surface area contributed by atoms with Gasteiger partial charge in [0.25, 0.3) is 0 Å². The Bertz CT molecular complexity index is 860. The van der Waals surface area contributed by atoms with Gasteiger partial charge in [0.15, 0.2) is 0 Å². The molecule has 0 spiro atoms. The first-order chi connectivity index (χ1) is 13.2. The first kappa shape index (κ1) is 18.7. The van der Waals surface area contributed by atoms with Crippen molar-refractivity contribution in [3.05, 3.63) is 68.9 Å². The van der Waals surface area contributed by atoms with Crippen LogP contribution >= 0.6 is 22.6 Å². The number of nitrogens with zero attached hydrogens (tertiary/aromatic N) is 2. The molecule has 2 aromatic rings. The van der Waals surface area contributed by atoms with Crippen molar-refractivity contribution in [2.24, 2.45) is 4.99 Å². The highest BCUT2D eigenvalue weighted by Crippen LogP contribution is 2.25. The van der Waals surface area contributed by atoms with Crippen LogP contribution in [0.5, 0.6) is 0 Å². The molecular weight excluding hydrogens is 449 g/mol. The van der Waals surface area contributed by atoms with E-state index in [1.807, 2.05) is 6.21 Å². The highest BCUT2D eigenvalue weighted by molar-refractivity contribution is 14.1. The predicted octanol–water partition coefficient (Wildman–Crippen LogP) is 4.13. The third-order valence-electron chi connectivity index (χ3n) is 5.32. The lowest BCUT2D eigenvalue weighted by atomic mass is 9.99. The van der Waals surface area contributed by atoms with Gasteiger partial charge in [-0.15, -0.1) is 0 Å². The molecule has 5 heteroatoms. The summed E-state index contributed by atoms with van der Waals surface area (Å²) in [5, 5.41) is 12.9. The van der Waals surface area contributed by atoms with Crippen LogP contribution in [0, 0.1) is 3.57 Å². The molecule has 2 heterocycles. The molecule has 0 amide bonds. The van der Waals surface area contributed by atoms with E-state index in [9.17, 15) is 5.11 Å². The Balaban J connectivity index is 1.43. The maximum atomic E-state index is 9.47. The van der Waals surface area contributed by atoms with Gasteiger partial charge in [-0.1, -0.05) is 18.2 Å². The second kappa shape index (κ2) is 8.54. The smallest absolute Gasteiger partial charge is 0.0660 e. The van der Waals surface area contributed by atoms with Gasteiger partial charge >= 0.3 is 0 Å². The van der Waals surface area contributed by atoms with E-state index in [0.29, 0.717) is 12.6 Å². The minimum atomic E-state index is 0.260. The van der Waals surface area contributed by atoms with Crippen LogP contribution in [0.2, 0.25) is 0 Å². The van der Waals surface area contributed by atoms with E-state index in [0.717, 1.165) is 25.2 Å². The number of nitrogens with one attached hydrogen (secondary N) is 1. The molecule has 2 aromatic carbocycles. The van der Waals surface area contributed by atoms with Crippen LogP contribution in [-0.4, -0.2) is 42.0 Å². The zero-order valence-corrected chi connectivity index (χ0v) is 17.4. The van der Waals surface area contributed by atoms with Crippen LogP contribution in [0.1, 0.15) is 29.5 Å². The number of fused-ring (bicyclic) bond motifs is 1. The van der Waals surface area contributed by atoms with Gasteiger partial charge in [0.05, 0.1) is 13.2 Å². The van der Waals surface area contributed by atoms with Crippen LogP contribution < -0.4 is 5.32 Å². The average molecular weight is 473 g/mol. The van der Waals surface area contributed by atoms with Crippen LogP contribution in [0.3, 0.4) is 0 Å². The number of hydrogen-bond acceptors (Lipinski definition) is 4. The van der Waals surface area contributed by atoms with Crippen molar-refractivity contribution in [2.45, 2.75) is 25.4 Å². The fourth-order valence-corrected chi connectivity index (χ4v) is 4.28. The van der Waals surface area contributed by atoms with Gasteiger partial charge < -0.3 is 10.4 Å².